The van der Waals surface area contributed by atoms with Crippen LogP contribution in [0.2, 0.25) is 0 Å². The number of anilines is 1. The van der Waals surface area contributed by atoms with Crippen molar-refractivity contribution in [1.82, 2.24) is 4.90 Å². The van der Waals surface area contributed by atoms with Crippen LogP contribution >= 0.6 is 0 Å². The van der Waals surface area contributed by atoms with Gasteiger partial charge in [-0.05, 0) is 30.7 Å². The Hall–Kier alpha value is -1.56. The van der Waals surface area contributed by atoms with Crippen LogP contribution < -0.4 is 4.90 Å². The molecule has 0 unspecified atom stereocenters. The summed E-state index contributed by atoms with van der Waals surface area (Å²) < 4.78 is 36.9. The molecule has 20 heavy (non-hydrogen) atoms. The summed E-state index contributed by atoms with van der Waals surface area (Å²) >= 11 is 0. The van der Waals surface area contributed by atoms with Gasteiger partial charge in [-0.25, -0.2) is 0 Å². The molecule has 1 aromatic rings. The lowest BCUT2D eigenvalue weighted by molar-refractivity contribution is -0.146. The second-order valence-electron chi connectivity index (χ2n) is 5.04. The maximum absolute atomic E-state index is 12.3. The number of halogens is 3. The standard InChI is InChI=1S/C14H17F3N2O/c1-11-8-13(3-2-12(11)9-20)19-6-4-18(5-7-19)10-14(15,16)17/h2-3,8-9H,4-7,10H2,1H3. The van der Waals surface area contributed by atoms with Gasteiger partial charge in [0.25, 0.3) is 0 Å². The number of nitrogens with zero attached hydrogens (tertiary/aromatic N) is 2. The number of hydrogen-bond donors (Lipinski definition) is 0. The molecule has 0 radical (unpaired) electrons. The minimum atomic E-state index is -4.13. The highest BCUT2D eigenvalue weighted by atomic mass is 19.4. The largest absolute Gasteiger partial charge is 0.401 e. The zero-order chi connectivity index (χ0) is 14.8. The third-order valence-electron chi connectivity index (χ3n) is 3.52. The highest BCUT2D eigenvalue weighted by Gasteiger charge is 2.32. The summed E-state index contributed by atoms with van der Waals surface area (Å²) in [7, 11) is 0. The fraction of sp³-hybridized carbons (Fsp3) is 0.500. The fourth-order valence-corrected chi connectivity index (χ4v) is 2.41. The number of benzene rings is 1. The number of alkyl halides is 3. The van der Waals surface area contributed by atoms with Crippen molar-refractivity contribution in [3.05, 3.63) is 29.3 Å². The van der Waals surface area contributed by atoms with Gasteiger partial charge in [0.1, 0.15) is 6.29 Å². The number of carbonyl (C=O) groups excluding carboxylic acids is 1. The molecule has 0 amide bonds. The first kappa shape index (κ1) is 14.8. The predicted molar refractivity (Wildman–Crippen MR) is 71.3 cm³/mol. The number of hydrogen-bond acceptors (Lipinski definition) is 3. The number of rotatable bonds is 3. The highest BCUT2D eigenvalue weighted by molar-refractivity contribution is 5.78. The summed E-state index contributed by atoms with van der Waals surface area (Å²) in [6, 6.07) is 5.50. The molecule has 2 rings (SSSR count). The number of carbonyl (C=O) groups is 1. The molecule has 3 nitrogen and oxygen atoms in total. The molecule has 0 aliphatic carbocycles. The Morgan fingerprint density at radius 3 is 2.35 bits per heavy atom. The first-order valence-corrected chi connectivity index (χ1v) is 6.49. The van der Waals surface area contributed by atoms with Crippen molar-refractivity contribution in [3.63, 3.8) is 0 Å². The smallest absolute Gasteiger partial charge is 0.369 e. The minimum Gasteiger partial charge on any atom is -0.369 e. The van der Waals surface area contributed by atoms with Crippen LogP contribution in [0, 0.1) is 6.92 Å². The summed E-state index contributed by atoms with van der Waals surface area (Å²) in [5, 5.41) is 0. The summed E-state index contributed by atoms with van der Waals surface area (Å²) in [6.45, 7) is 2.94. The third-order valence-corrected chi connectivity index (χ3v) is 3.52. The van der Waals surface area contributed by atoms with Crippen LogP contribution in [0.15, 0.2) is 18.2 Å². The van der Waals surface area contributed by atoms with E-state index in [0.717, 1.165) is 17.5 Å². The van der Waals surface area contributed by atoms with E-state index in [1.54, 1.807) is 6.07 Å². The van der Waals surface area contributed by atoms with E-state index in [9.17, 15) is 18.0 Å². The molecule has 0 N–H and O–H groups in total. The van der Waals surface area contributed by atoms with Crippen LogP contribution in [0.4, 0.5) is 18.9 Å². The summed E-state index contributed by atoms with van der Waals surface area (Å²) in [4.78, 5) is 14.2. The van der Waals surface area contributed by atoms with Crippen molar-refractivity contribution >= 4 is 12.0 Å². The Balaban J connectivity index is 1.97. The van der Waals surface area contributed by atoms with Crippen molar-refractivity contribution in [1.29, 1.82) is 0 Å². The molecule has 1 fully saturated rings. The normalized spacial score (nSPS) is 17.3. The van der Waals surface area contributed by atoms with Gasteiger partial charge >= 0.3 is 6.18 Å². The highest BCUT2D eigenvalue weighted by Crippen LogP contribution is 2.22. The monoisotopic (exact) mass is 286 g/mol. The molecule has 0 spiro atoms. The molecule has 110 valence electrons. The lowest BCUT2D eigenvalue weighted by Crippen LogP contribution is -2.49. The average molecular weight is 286 g/mol. The van der Waals surface area contributed by atoms with Crippen LogP contribution in [0.25, 0.3) is 0 Å². The summed E-state index contributed by atoms with van der Waals surface area (Å²) in [5.41, 5.74) is 2.49. The van der Waals surface area contributed by atoms with E-state index in [1.807, 2.05) is 19.1 Å². The molecule has 0 bridgehead atoms. The Kier molecular flexibility index (Phi) is 4.32. The molecule has 0 saturated carbocycles. The number of aldehydes is 1. The van der Waals surface area contributed by atoms with Gasteiger partial charge < -0.3 is 4.90 Å². The SMILES string of the molecule is Cc1cc(N2CCN(CC(F)(F)F)CC2)ccc1C=O. The second kappa shape index (κ2) is 5.83. The molecular formula is C14H17F3N2O. The van der Waals surface area contributed by atoms with E-state index >= 15 is 0 Å². The number of piperazine rings is 1. The van der Waals surface area contributed by atoms with Gasteiger partial charge in [-0.2, -0.15) is 13.2 Å². The molecule has 1 aliphatic heterocycles. The van der Waals surface area contributed by atoms with Crippen LogP contribution in [-0.2, 0) is 0 Å². The lowest BCUT2D eigenvalue weighted by Gasteiger charge is -2.36. The topological polar surface area (TPSA) is 23.6 Å². The Labute approximate surface area is 116 Å². The van der Waals surface area contributed by atoms with Crippen molar-refractivity contribution in [2.45, 2.75) is 13.1 Å². The van der Waals surface area contributed by atoms with Crippen LogP contribution in [0.3, 0.4) is 0 Å². The van der Waals surface area contributed by atoms with Gasteiger partial charge in [0.2, 0.25) is 0 Å². The minimum absolute atomic E-state index is 0.397. The zero-order valence-electron chi connectivity index (χ0n) is 11.3. The van der Waals surface area contributed by atoms with Gasteiger partial charge in [-0.1, -0.05) is 0 Å². The maximum atomic E-state index is 12.3. The summed E-state index contributed by atoms with van der Waals surface area (Å²) in [6.07, 6.45) is -3.33. The van der Waals surface area contributed by atoms with Crippen molar-refractivity contribution in [3.8, 4) is 0 Å². The van der Waals surface area contributed by atoms with Crippen molar-refractivity contribution in [2.75, 3.05) is 37.6 Å². The van der Waals surface area contributed by atoms with Crippen LogP contribution in [0.1, 0.15) is 15.9 Å². The molecule has 0 aromatic heterocycles. The van der Waals surface area contributed by atoms with E-state index in [-0.39, 0.29) is 0 Å². The Bertz CT molecular complexity index is 480. The van der Waals surface area contributed by atoms with Gasteiger partial charge in [0, 0.05) is 37.4 Å². The van der Waals surface area contributed by atoms with Gasteiger partial charge in [-0.15, -0.1) is 0 Å². The van der Waals surface area contributed by atoms with E-state index in [0.29, 0.717) is 31.7 Å². The molecule has 0 atom stereocenters. The van der Waals surface area contributed by atoms with E-state index in [1.165, 1.54) is 4.90 Å². The predicted octanol–water partition coefficient (Wildman–Crippen LogP) is 2.49. The fourth-order valence-electron chi connectivity index (χ4n) is 2.41. The third kappa shape index (κ3) is 3.72. The quantitative estimate of drug-likeness (QED) is 0.798. The van der Waals surface area contributed by atoms with Crippen LogP contribution in [0.5, 0.6) is 0 Å². The first-order chi connectivity index (χ1) is 9.39. The van der Waals surface area contributed by atoms with E-state index in [2.05, 4.69) is 4.90 Å². The molecule has 1 aromatic carbocycles. The Morgan fingerprint density at radius 2 is 1.85 bits per heavy atom. The van der Waals surface area contributed by atoms with E-state index < -0.39 is 12.7 Å². The van der Waals surface area contributed by atoms with Gasteiger partial charge in [0.15, 0.2) is 0 Å². The zero-order valence-corrected chi connectivity index (χ0v) is 11.3. The van der Waals surface area contributed by atoms with Crippen molar-refractivity contribution < 1.29 is 18.0 Å². The Morgan fingerprint density at radius 1 is 1.20 bits per heavy atom. The van der Waals surface area contributed by atoms with Gasteiger partial charge in [0.05, 0.1) is 6.54 Å². The van der Waals surface area contributed by atoms with Crippen molar-refractivity contribution in [2.24, 2.45) is 0 Å². The molecule has 6 heteroatoms. The lowest BCUT2D eigenvalue weighted by atomic mass is 10.1. The average Bonchev–Trinajstić information content (AvgIpc) is 2.37. The molecule has 1 aliphatic rings. The number of aryl methyl sites for hydroxylation is 1. The second-order valence-corrected chi connectivity index (χ2v) is 5.04. The first-order valence-electron chi connectivity index (χ1n) is 6.49. The van der Waals surface area contributed by atoms with E-state index in [4.69, 9.17) is 0 Å². The summed E-state index contributed by atoms with van der Waals surface area (Å²) in [5.74, 6) is 0. The molecule has 1 heterocycles. The van der Waals surface area contributed by atoms with Gasteiger partial charge in [-0.3, -0.25) is 9.69 Å². The maximum Gasteiger partial charge on any atom is 0.401 e. The molecular weight excluding hydrogens is 269 g/mol. The van der Waals surface area contributed by atoms with Crippen LogP contribution in [-0.4, -0.2) is 50.1 Å². The molecule has 1 saturated heterocycles.